The second-order valence-electron chi connectivity index (χ2n) is 7.84. The number of benzene rings is 1. The van der Waals surface area contributed by atoms with Crippen LogP contribution in [0.1, 0.15) is 49.9 Å². The van der Waals surface area contributed by atoms with Crippen LogP contribution < -0.4 is 10.9 Å². The normalized spacial score (nSPS) is 22.3. The van der Waals surface area contributed by atoms with Crippen molar-refractivity contribution >= 4 is 29.0 Å². The summed E-state index contributed by atoms with van der Waals surface area (Å²) >= 11 is 5.35. The molecular weight excluding hydrogens is 374 g/mol. The summed E-state index contributed by atoms with van der Waals surface area (Å²) in [7, 11) is 1.63. The summed E-state index contributed by atoms with van der Waals surface area (Å²) in [5.41, 5.74) is 0.993. The summed E-state index contributed by atoms with van der Waals surface area (Å²) in [6, 6.07) is 5.33. The molecule has 2 aromatic rings. The quantitative estimate of drug-likeness (QED) is 0.570. The van der Waals surface area contributed by atoms with Gasteiger partial charge in [0.15, 0.2) is 4.77 Å². The molecule has 1 fully saturated rings. The van der Waals surface area contributed by atoms with Crippen molar-refractivity contribution in [3.63, 3.8) is 0 Å². The third kappa shape index (κ3) is 4.36. The minimum absolute atomic E-state index is 0.101. The Balaban J connectivity index is 1.84. The van der Waals surface area contributed by atoms with Gasteiger partial charge < -0.3 is 15.0 Å². The summed E-state index contributed by atoms with van der Waals surface area (Å²) in [5, 5.41) is 3.71. The van der Waals surface area contributed by atoms with Crippen LogP contribution in [0.2, 0.25) is 0 Å². The molecule has 28 heavy (non-hydrogen) atoms. The van der Waals surface area contributed by atoms with Gasteiger partial charge in [0, 0.05) is 31.9 Å². The second kappa shape index (κ2) is 9.01. The van der Waals surface area contributed by atoms with Gasteiger partial charge in [-0.25, -0.2) is 0 Å². The summed E-state index contributed by atoms with van der Waals surface area (Å²) in [4.78, 5) is 28.6. The number of ether oxygens (including phenoxy) is 1. The van der Waals surface area contributed by atoms with E-state index in [1.807, 2.05) is 0 Å². The smallest absolute Gasteiger partial charge is 0.262 e. The molecule has 0 spiro atoms. The van der Waals surface area contributed by atoms with E-state index in [2.05, 4.69) is 24.1 Å². The molecule has 0 aliphatic heterocycles. The van der Waals surface area contributed by atoms with Crippen molar-refractivity contribution in [1.82, 2.24) is 14.9 Å². The van der Waals surface area contributed by atoms with E-state index < -0.39 is 0 Å². The van der Waals surface area contributed by atoms with Crippen LogP contribution in [-0.4, -0.2) is 35.2 Å². The number of carbonyl (C=O) groups is 1. The fraction of sp³-hybridized carbons (Fsp3) is 0.571. The van der Waals surface area contributed by atoms with Crippen LogP contribution in [0.5, 0.6) is 0 Å². The first-order valence-electron chi connectivity index (χ1n) is 9.99. The number of nitrogens with one attached hydrogen (secondary N) is 2. The maximum absolute atomic E-state index is 12.8. The number of carbonyl (C=O) groups excluding carboxylic acids is 1. The van der Waals surface area contributed by atoms with Gasteiger partial charge in [0.1, 0.15) is 0 Å². The molecule has 3 atom stereocenters. The predicted molar refractivity (Wildman–Crippen MR) is 113 cm³/mol. The number of hydrogen-bond acceptors (Lipinski definition) is 4. The summed E-state index contributed by atoms with van der Waals surface area (Å²) in [5.74, 6) is 0.975. The third-order valence-electron chi connectivity index (χ3n) is 6.00. The lowest BCUT2D eigenvalue weighted by Gasteiger charge is -2.34. The number of methoxy groups -OCH3 is 1. The van der Waals surface area contributed by atoms with E-state index in [9.17, 15) is 9.59 Å². The van der Waals surface area contributed by atoms with Crippen LogP contribution in [0.15, 0.2) is 23.0 Å². The number of rotatable bonds is 6. The average molecular weight is 404 g/mol. The Kier molecular flexibility index (Phi) is 6.67. The van der Waals surface area contributed by atoms with E-state index in [1.54, 1.807) is 29.9 Å². The highest BCUT2D eigenvalue weighted by atomic mass is 32.1. The van der Waals surface area contributed by atoms with Crippen molar-refractivity contribution < 1.29 is 9.53 Å². The van der Waals surface area contributed by atoms with E-state index in [0.29, 0.717) is 52.6 Å². The van der Waals surface area contributed by atoms with Crippen LogP contribution >= 0.6 is 12.2 Å². The summed E-state index contributed by atoms with van der Waals surface area (Å²) in [6.45, 7) is 5.52. The first-order chi connectivity index (χ1) is 13.4. The SMILES string of the molecule is COCCCn1c(=S)[nH]c2cc(C(=O)NC3CCCC(C)C3C)ccc2c1=O. The molecule has 3 rings (SSSR count). The summed E-state index contributed by atoms with van der Waals surface area (Å²) < 4.78 is 6.95. The largest absolute Gasteiger partial charge is 0.385 e. The maximum atomic E-state index is 12.8. The molecule has 1 heterocycles. The van der Waals surface area contributed by atoms with Gasteiger partial charge in [-0.05, 0) is 55.1 Å². The molecular formula is C21H29N3O3S. The second-order valence-corrected chi connectivity index (χ2v) is 8.23. The number of aromatic amines is 1. The predicted octanol–water partition coefficient (Wildman–Crippen LogP) is 3.65. The Morgan fingerprint density at radius 2 is 2.14 bits per heavy atom. The topological polar surface area (TPSA) is 76.1 Å². The van der Waals surface area contributed by atoms with Gasteiger partial charge in [0.2, 0.25) is 0 Å². The molecule has 1 aromatic heterocycles. The lowest BCUT2D eigenvalue weighted by atomic mass is 9.78. The van der Waals surface area contributed by atoms with Gasteiger partial charge in [-0.3, -0.25) is 14.2 Å². The van der Waals surface area contributed by atoms with Crippen LogP contribution in [0.25, 0.3) is 10.9 Å². The molecule has 1 saturated carbocycles. The molecule has 3 unspecified atom stereocenters. The van der Waals surface area contributed by atoms with Crippen LogP contribution in [0.3, 0.4) is 0 Å². The van der Waals surface area contributed by atoms with E-state index in [0.717, 1.165) is 12.8 Å². The van der Waals surface area contributed by atoms with Gasteiger partial charge in [-0.2, -0.15) is 0 Å². The summed E-state index contributed by atoms with van der Waals surface area (Å²) in [6.07, 6.45) is 4.08. The van der Waals surface area contributed by atoms with Gasteiger partial charge in [-0.15, -0.1) is 0 Å². The van der Waals surface area contributed by atoms with E-state index in [-0.39, 0.29) is 17.5 Å². The van der Waals surface area contributed by atoms with E-state index >= 15 is 0 Å². The van der Waals surface area contributed by atoms with Gasteiger partial charge in [0.05, 0.1) is 10.9 Å². The van der Waals surface area contributed by atoms with Crippen molar-refractivity contribution in [2.45, 2.75) is 52.1 Å². The van der Waals surface area contributed by atoms with Crippen LogP contribution in [0, 0.1) is 16.6 Å². The fourth-order valence-corrected chi connectivity index (χ4v) is 4.29. The highest BCUT2D eigenvalue weighted by Gasteiger charge is 2.28. The van der Waals surface area contributed by atoms with E-state index in [4.69, 9.17) is 17.0 Å². The Bertz CT molecular complexity index is 966. The maximum Gasteiger partial charge on any atom is 0.262 e. The molecule has 2 N–H and O–H groups in total. The first-order valence-corrected chi connectivity index (χ1v) is 10.4. The lowest BCUT2D eigenvalue weighted by molar-refractivity contribution is 0.0891. The molecule has 1 aliphatic rings. The number of nitrogens with zero attached hydrogens (tertiary/aromatic N) is 1. The van der Waals surface area contributed by atoms with Crippen molar-refractivity contribution in [3.05, 3.63) is 38.9 Å². The van der Waals surface area contributed by atoms with Crippen LogP contribution in [-0.2, 0) is 11.3 Å². The van der Waals surface area contributed by atoms with Crippen LogP contribution in [0.4, 0.5) is 0 Å². The molecule has 0 saturated heterocycles. The number of H-pyrrole nitrogens is 1. The Morgan fingerprint density at radius 3 is 2.89 bits per heavy atom. The Morgan fingerprint density at radius 1 is 1.36 bits per heavy atom. The highest BCUT2D eigenvalue weighted by Crippen LogP contribution is 2.29. The van der Waals surface area contributed by atoms with Gasteiger partial charge in [0.25, 0.3) is 11.5 Å². The van der Waals surface area contributed by atoms with Gasteiger partial charge >= 0.3 is 0 Å². The van der Waals surface area contributed by atoms with Crippen molar-refractivity contribution in [3.8, 4) is 0 Å². The first kappa shape index (κ1) is 20.7. The number of amides is 1. The zero-order chi connectivity index (χ0) is 20.3. The zero-order valence-corrected chi connectivity index (χ0v) is 17.6. The molecule has 1 aliphatic carbocycles. The molecule has 0 bridgehead atoms. The average Bonchev–Trinajstić information content (AvgIpc) is 2.67. The zero-order valence-electron chi connectivity index (χ0n) is 16.8. The van der Waals surface area contributed by atoms with Gasteiger partial charge in [-0.1, -0.05) is 26.7 Å². The lowest BCUT2D eigenvalue weighted by Crippen LogP contribution is -2.43. The minimum Gasteiger partial charge on any atom is -0.385 e. The fourth-order valence-electron chi connectivity index (χ4n) is 4.00. The monoisotopic (exact) mass is 403 g/mol. The Hall–Kier alpha value is -1.99. The van der Waals surface area contributed by atoms with Crippen molar-refractivity contribution in [1.29, 1.82) is 0 Å². The van der Waals surface area contributed by atoms with Crippen molar-refractivity contribution in [2.75, 3.05) is 13.7 Å². The molecule has 1 amide bonds. The Labute approximate surface area is 170 Å². The number of hydrogen-bond donors (Lipinski definition) is 2. The third-order valence-corrected chi connectivity index (χ3v) is 6.32. The molecule has 1 aromatic carbocycles. The number of aromatic nitrogens is 2. The molecule has 7 heteroatoms. The molecule has 152 valence electrons. The molecule has 6 nitrogen and oxygen atoms in total. The number of fused-ring (bicyclic) bond motifs is 1. The van der Waals surface area contributed by atoms with E-state index in [1.165, 1.54) is 6.42 Å². The minimum atomic E-state index is -0.142. The standard InChI is InChI=1S/C21H29N3O3S/c1-13-6-4-7-17(14(13)2)22-19(25)15-8-9-16-18(12-15)23-21(28)24(20(16)26)10-5-11-27-3/h8-9,12-14,17H,4-7,10-11H2,1-3H3,(H,22,25)(H,23,28). The molecule has 0 radical (unpaired) electrons. The van der Waals surface area contributed by atoms with Crippen molar-refractivity contribution in [2.24, 2.45) is 11.8 Å². The highest BCUT2D eigenvalue weighted by molar-refractivity contribution is 7.71.